The molecule has 0 bridgehead atoms. The van der Waals surface area contributed by atoms with Crippen molar-refractivity contribution in [3.8, 4) is 17.1 Å². The van der Waals surface area contributed by atoms with E-state index in [0.717, 1.165) is 43.8 Å². The van der Waals surface area contributed by atoms with Gasteiger partial charge in [-0.15, -0.1) is 11.3 Å². The van der Waals surface area contributed by atoms with Crippen molar-refractivity contribution in [2.75, 3.05) is 0 Å². The predicted octanol–water partition coefficient (Wildman–Crippen LogP) is 12.2. The molecule has 0 fully saturated rings. The molecule has 222 valence electrons. The molecule has 0 saturated carbocycles. The summed E-state index contributed by atoms with van der Waals surface area (Å²) >= 11 is 1.71. The molecule has 0 aliphatic rings. The minimum absolute atomic E-state index is 0.844. The van der Waals surface area contributed by atoms with Crippen molar-refractivity contribution in [2.45, 2.75) is 0 Å². The van der Waals surface area contributed by atoms with Crippen LogP contribution in [0.15, 0.2) is 152 Å². The average Bonchev–Trinajstić information content (AvgIpc) is 3.68. The Morgan fingerprint density at radius 3 is 1.81 bits per heavy atom. The van der Waals surface area contributed by atoms with Crippen molar-refractivity contribution in [1.82, 2.24) is 14.5 Å². The molecule has 48 heavy (non-hydrogen) atoms. The zero-order chi connectivity index (χ0) is 31.3. The van der Waals surface area contributed by atoms with Crippen LogP contribution in [0.25, 0.3) is 102 Å². The van der Waals surface area contributed by atoms with Crippen LogP contribution < -0.4 is 0 Å². The molecule has 0 unspecified atom stereocenters. The summed E-state index contributed by atoms with van der Waals surface area (Å²) in [5, 5.41) is 13.6. The maximum atomic E-state index is 5.57. The minimum Gasteiger partial charge on any atom is -0.292 e. The number of aromatic nitrogens is 3. The summed E-state index contributed by atoms with van der Waals surface area (Å²) < 4.78 is 3.57. The zero-order valence-corrected chi connectivity index (χ0v) is 26.5. The second-order valence-corrected chi connectivity index (χ2v) is 13.6. The minimum atomic E-state index is 0.844. The van der Waals surface area contributed by atoms with Crippen molar-refractivity contribution in [1.29, 1.82) is 0 Å². The highest BCUT2D eigenvalue weighted by atomic mass is 32.1. The van der Waals surface area contributed by atoms with Crippen LogP contribution in [0.5, 0.6) is 0 Å². The third-order valence-corrected chi connectivity index (χ3v) is 11.0. The first-order chi connectivity index (χ1) is 23.8. The lowest BCUT2D eigenvalue weighted by Crippen LogP contribution is -2.03. The van der Waals surface area contributed by atoms with Crippen LogP contribution in [0.4, 0.5) is 0 Å². The first kappa shape index (κ1) is 26.0. The third kappa shape index (κ3) is 3.52. The van der Waals surface area contributed by atoms with E-state index < -0.39 is 0 Å². The standard InChI is InChI=1S/C44H25N3S/c1-2-12-26(13-3-1)41-43(45-42-34-20-10-11-21-38(34)48-44(42)46-41)47-36-23-22-33-31-18-7-6-16-29(31)30-17-8-9-19-32(30)39(33)40(36)35-24-27-14-4-5-15-28(27)25-37(35)47/h1-25H. The van der Waals surface area contributed by atoms with Gasteiger partial charge in [0.15, 0.2) is 5.82 Å². The molecule has 0 aliphatic heterocycles. The van der Waals surface area contributed by atoms with Crippen LogP contribution >= 0.6 is 11.3 Å². The second kappa shape index (κ2) is 9.71. The maximum Gasteiger partial charge on any atom is 0.165 e. The molecule has 0 spiro atoms. The van der Waals surface area contributed by atoms with E-state index in [1.807, 2.05) is 0 Å². The van der Waals surface area contributed by atoms with Gasteiger partial charge >= 0.3 is 0 Å². The Bertz CT molecular complexity index is 3080. The normalized spacial score (nSPS) is 12.2. The van der Waals surface area contributed by atoms with Gasteiger partial charge in [-0.05, 0) is 62.0 Å². The highest BCUT2D eigenvalue weighted by Gasteiger charge is 2.23. The van der Waals surface area contributed by atoms with Crippen molar-refractivity contribution in [3.05, 3.63) is 152 Å². The number of nitrogens with zero attached hydrogens (tertiary/aromatic N) is 3. The average molecular weight is 628 g/mol. The Hall–Kier alpha value is -6.10. The van der Waals surface area contributed by atoms with Crippen LogP contribution in [0.3, 0.4) is 0 Å². The molecule has 11 rings (SSSR count). The first-order valence-corrected chi connectivity index (χ1v) is 17.1. The van der Waals surface area contributed by atoms with Crippen LogP contribution in [0.2, 0.25) is 0 Å². The SMILES string of the molecule is c1ccc(-c2nc3sc4ccccc4c3nc2-n2c3cc4ccccc4cc3c3c4c5ccccc5c5ccccc5c4ccc32)cc1. The van der Waals surface area contributed by atoms with Crippen molar-refractivity contribution in [3.63, 3.8) is 0 Å². The molecular formula is C44H25N3S. The van der Waals surface area contributed by atoms with Gasteiger partial charge in [0.05, 0.1) is 11.0 Å². The molecule has 0 radical (unpaired) electrons. The van der Waals surface area contributed by atoms with Gasteiger partial charge in [0.25, 0.3) is 0 Å². The van der Waals surface area contributed by atoms with Crippen LogP contribution in [0, 0.1) is 0 Å². The molecule has 0 saturated heterocycles. The Labute approximate surface area is 278 Å². The maximum absolute atomic E-state index is 5.57. The number of benzene rings is 8. The van der Waals surface area contributed by atoms with Crippen LogP contribution in [-0.2, 0) is 0 Å². The van der Waals surface area contributed by atoms with Crippen LogP contribution in [0.1, 0.15) is 0 Å². The van der Waals surface area contributed by atoms with Crippen LogP contribution in [-0.4, -0.2) is 14.5 Å². The molecule has 3 aromatic heterocycles. The summed E-state index contributed by atoms with van der Waals surface area (Å²) in [5.74, 6) is 0.844. The summed E-state index contributed by atoms with van der Waals surface area (Å²) in [6.07, 6.45) is 0. The Kier molecular flexibility index (Phi) is 5.26. The molecule has 0 atom stereocenters. The van der Waals surface area contributed by atoms with Gasteiger partial charge in [0.1, 0.15) is 16.0 Å². The topological polar surface area (TPSA) is 30.7 Å². The van der Waals surface area contributed by atoms with E-state index in [1.165, 1.54) is 58.6 Å². The zero-order valence-electron chi connectivity index (χ0n) is 25.7. The molecule has 11 aromatic rings. The summed E-state index contributed by atoms with van der Waals surface area (Å²) in [4.78, 5) is 11.9. The fourth-order valence-electron chi connectivity index (χ4n) is 7.87. The van der Waals surface area contributed by atoms with E-state index in [-0.39, 0.29) is 0 Å². The van der Waals surface area contributed by atoms with Gasteiger partial charge < -0.3 is 0 Å². The first-order valence-electron chi connectivity index (χ1n) is 16.3. The molecular weight excluding hydrogens is 603 g/mol. The smallest absolute Gasteiger partial charge is 0.165 e. The van der Waals surface area contributed by atoms with E-state index in [9.17, 15) is 0 Å². The fourth-order valence-corrected chi connectivity index (χ4v) is 8.89. The molecule has 4 heteroatoms. The van der Waals surface area contributed by atoms with Crippen molar-refractivity contribution >= 4 is 96.7 Å². The van der Waals surface area contributed by atoms with Gasteiger partial charge in [-0.25, -0.2) is 9.97 Å². The van der Waals surface area contributed by atoms with E-state index in [1.54, 1.807) is 11.3 Å². The Morgan fingerprint density at radius 2 is 1.04 bits per heavy atom. The molecule has 0 N–H and O–H groups in total. The lowest BCUT2D eigenvalue weighted by atomic mass is 9.91. The van der Waals surface area contributed by atoms with E-state index >= 15 is 0 Å². The summed E-state index contributed by atoms with van der Waals surface area (Å²) in [7, 11) is 0. The summed E-state index contributed by atoms with van der Waals surface area (Å²) in [6.45, 7) is 0. The quantitative estimate of drug-likeness (QED) is 0.179. The van der Waals surface area contributed by atoms with E-state index in [4.69, 9.17) is 9.97 Å². The third-order valence-electron chi connectivity index (χ3n) is 9.96. The molecule has 8 aromatic carbocycles. The molecule has 0 amide bonds. The number of fused-ring (bicyclic) bond motifs is 14. The molecule has 3 nitrogen and oxygen atoms in total. The lowest BCUT2D eigenvalue weighted by molar-refractivity contribution is 1.09. The number of thiophene rings is 1. The highest BCUT2D eigenvalue weighted by Crippen LogP contribution is 2.45. The number of rotatable bonds is 2. The van der Waals surface area contributed by atoms with E-state index in [0.29, 0.717) is 0 Å². The van der Waals surface area contributed by atoms with E-state index in [2.05, 4.69) is 156 Å². The Balaban J connectivity index is 1.40. The second-order valence-electron chi connectivity index (χ2n) is 12.5. The number of hydrogen-bond donors (Lipinski definition) is 0. The molecule has 3 heterocycles. The molecule has 0 aliphatic carbocycles. The van der Waals surface area contributed by atoms with Gasteiger partial charge in [-0.1, -0.05) is 127 Å². The lowest BCUT2D eigenvalue weighted by Gasteiger charge is -2.14. The highest BCUT2D eigenvalue weighted by molar-refractivity contribution is 7.25. The predicted molar refractivity (Wildman–Crippen MR) is 205 cm³/mol. The summed E-state index contributed by atoms with van der Waals surface area (Å²) in [5.41, 5.74) is 5.12. The van der Waals surface area contributed by atoms with Gasteiger partial charge in [-0.3, -0.25) is 4.57 Å². The summed E-state index contributed by atoms with van der Waals surface area (Å²) in [6, 6.07) is 54.7. The van der Waals surface area contributed by atoms with Crippen molar-refractivity contribution in [2.24, 2.45) is 0 Å². The monoisotopic (exact) mass is 627 g/mol. The van der Waals surface area contributed by atoms with Gasteiger partial charge in [0, 0.05) is 31.8 Å². The van der Waals surface area contributed by atoms with Gasteiger partial charge in [0.2, 0.25) is 0 Å². The van der Waals surface area contributed by atoms with Gasteiger partial charge in [-0.2, -0.15) is 0 Å². The fraction of sp³-hybridized carbons (Fsp3) is 0. The van der Waals surface area contributed by atoms with Crippen molar-refractivity contribution < 1.29 is 0 Å². The largest absolute Gasteiger partial charge is 0.292 e. The number of hydrogen-bond acceptors (Lipinski definition) is 3. The Morgan fingerprint density at radius 1 is 0.438 bits per heavy atom.